The Balaban J connectivity index is 1.32. The molecule has 1 N–H and O–H groups in total. The van der Waals surface area contributed by atoms with E-state index >= 15 is 0 Å². The van der Waals surface area contributed by atoms with Gasteiger partial charge < -0.3 is 15.0 Å². The van der Waals surface area contributed by atoms with Crippen LogP contribution in [0.5, 0.6) is 5.75 Å². The molecule has 154 valence electrons. The Hall–Kier alpha value is -3.41. The van der Waals surface area contributed by atoms with Gasteiger partial charge >= 0.3 is 0 Å². The Morgan fingerprint density at radius 3 is 2.70 bits per heavy atom. The number of ether oxygens (including phenoxy) is 1. The quantitative estimate of drug-likeness (QED) is 0.655. The average molecular weight is 405 g/mol. The van der Waals surface area contributed by atoms with Crippen molar-refractivity contribution in [1.82, 2.24) is 9.88 Å². The minimum atomic E-state index is -0.335. The molecule has 5 nitrogen and oxygen atoms in total. The largest absolute Gasteiger partial charge is 0.489 e. The van der Waals surface area contributed by atoms with Crippen LogP contribution in [0.25, 0.3) is 0 Å². The summed E-state index contributed by atoms with van der Waals surface area (Å²) in [5.41, 5.74) is 2.53. The van der Waals surface area contributed by atoms with Gasteiger partial charge in [-0.25, -0.2) is 4.39 Å². The van der Waals surface area contributed by atoms with Gasteiger partial charge in [0, 0.05) is 43.2 Å². The van der Waals surface area contributed by atoms with Crippen LogP contribution in [0.2, 0.25) is 0 Å². The molecule has 0 bridgehead atoms. The summed E-state index contributed by atoms with van der Waals surface area (Å²) >= 11 is 0. The second kappa shape index (κ2) is 9.39. The fourth-order valence-electron chi connectivity index (χ4n) is 3.61. The van der Waals surface area contributed by atoms with E-state index in [9.17, 15) is 9.18 Å². The zero-order valence-electron chi connectivity index (χ0n) is 16.6. The van der Waals surface area contributed by atoms with Crippen LogP contribution in [0.3, 0.4) is 0 Å². The van der Waals surface area contributed by atoms with E-state index in [1.807, 2.05) is 47.5 Å². The lowest BCUT2D eigenvalue weighted by Gasteiger charge is -2.33. The van der Waals surface area contributed by atoms with E-state index in [4.69, 9.17) is 4.74 Å². The van der Waals surface area contributed by atoms with Crippen LogP contribution in [0, 0.1) is 5.82 Å². The van der Waals surface area contributed by atoms with Crippen LogP contribution in [0.15, 0.2) is 73.1 Å². The molecule has 6 heteroatoms. The van der Waals surface area contributed by atoms with Gasteiger partial charge in [-0.15, -0.1) is 0 Å². The van der Waals surface area contributed by atoms with Gasteiger partial charge in [0.2, 0.25) is 0 Å². The summed E-state index contributed by atoms with van der Waals surface area (Å²) in [6.07, 6.45) is 5.35. The van der Waals surface area contributed by atoms with Gasteiger partial charge in [0.25, 0.3) is 5.91 Å². The maximum Gasteiger partial charge on any atom is 0.253 e. The van der Waals surface area contributed by atoms with Crippen molar-refractivity contribution < 1.29 is 13.9 Å². The second-order valence-corrected chi connectivity index (χ2v) is 7.40. The van der Waals surface area contributed by atoms with E-state index in [1.54, 1.807) is 18.3 Å². The Bertz CT molecular complexity index is 989. The molecule has 1 aliphatic rings. The van der Waals surface area contributed by atoms with E-state index in [1.165, 1.54) is 12.1 Å². The number of nitrogens with one attached hydrogen (secondary N) is 1. The molecule has 0 spiro atoms. The highest BCUT2D eigenvalue weighted by Crippen LogP contribution is 2.19. The second-order valence-electron chi connectivity index (χ2n) is 7.40. The summed E-state index contributed by atoms with van der Waals surface area (Å²) in [6, 6.07) is 17.7. The van der Waals surface area contributed by atoms with E-state index in [0.29, 0.717) is 30.4 Å². The number of likely N-dealkylation sites (tertiary alicyclic amines) is 1. The van der Waals surface area contributed by atoms with E-state index in [-0.39, 0.29) is 18.3 Å². The van der Waals surface area contributed by atoms with Crippen molar-refractivity contribution in [1.29, 1.82) is 0 Å². The van der Waals surface area contributed by atoms with Crippen LogP contribution in [-0.2, 0) is 6.61 Å². The number of benzene rings is 2. The summed E-state index contributed by atoms with van der Waals surface area (Å²) < 4.78 is 18.9. The summed E-state index contributed by atoms with van der Waals surface area (Å²) in [5.74, 6) is 0.162. The minimum Gasteiger partial charge on any atom is -0.489 e. The number of anilines is 1. The Kier molecular flexibility index (Phi) is 6.23. The normalized spacial score (nSPS) is 14.4. The van der Waals surface area contributed by atoms with E-state index < -0.39 is 0 Å². The Morgan fingerprint density at radius 1 is 1.10 bits per heavy atom. The molecule has 3 aromatic rings. The molecular formula is C24H24FN3O2. The fourth-order valence-corrected chi connectivity index (χ4v) is 3.61. The molecule has 1 amide bonds. The standard InChI is InChI=1S/C24H24FN3O2/c25-20-6-2-8-23(15-20)30-17-18-4-1-5-19(14-18)24(29)28-12-9-21(10-13-28)27-22-7-3-11-26-16-22/h1-8,11,14-16,21,27H,9-10,12-13,17H2. The molecule has 30 heavy (non-hydrogen) atoms. The third-order valence-electron chi connectivity index (χ3n) is 5.19. The lowest BCUT2D eigenvalue weighted by molar-refractivity contribution is 0.0718. The molecule has 2 heterocycles. The number of rotatable bonds is 6. The molecular weight excluding hydrogens is 381 g/mol. The van der Waals surface area contributed by atoms with Crippen LogP contribution in [-0.4, -0.2) is 34.9 Å². The number of carbonyl (C=O) groups is 1. The number of halogens is 1. The molecule has 4 rings (SSSR count). The number of hydrogen-bond acceptors (Lipinski definition) is 4. The number of hydrogen-bond donors (Lipinski definition) is 1. The van der Waals surface area contributed by atoms with Gasteiger partial charge in [-0.2, -0.15) is 0 Å². The van der Waals surface area contributed by atoms with E-state index in [0.717, 1.165) is 24.1 Å². The van der Waals surface area contributed by atoms with Gasteiger partial charge in [0.1, 0.15) is 18.2 Å². The van der Waals surface area contributed by atoms with Crippen molar-refractivity contribution in [3.63, 3.8) is 0 Å². The molecule has 1 aromatic heterocycles. The van der Waals surface area contributed by atoms with Crippen molar-refractivity contribution in [2.75, 3.05) is 18.4 Å². The van der Waals surface area contributed by atoms with E-state index in [2.05, 4.69) is 10.3 Å². The zero-order valence-corrected chi connectivity index (χ0v) is 16.6. The van der Waals surface area contributed by atoms with Crippen LogP contribution < -0.4 is 10.1 Å². The molecule has 0 atom stereocenters. The molecule has 0 aliphatic carbocycles. The first-order valence-corrected chi connectivity index (χ1v) is 10.1. The Labute approximate surface area is 175 Å². The number of nitrogens with zero attached hydrogens (tertiary/aromatic N) is 2. The summed E-state index contributed by atoms with van der Waals surface area (Å²) in [4.78, 5) is 19.0. The maximum absolute atomic E-state index is 13.3. The van der Waals surface area contributed by atoms with Gasteiger partial charge in [-0.05, 0) is 54.8 Å². The van der Waals surface area contributed by atoms with Crippen LogP contribution in [0.1, 0.15) is 28.8 Å². The van der Waals surface area contributed by atoms with Crippen molar-refractivity contribution in [2.24, 2.45) is 0 Å². The van der Waals surface area contributed by atoms with Crippen molar-refractivity contribution >= 4 is 11.6 Å². The van der Waals surface area contributed by atoms with Crippen LogP contribution >= 0.6 is 0 Å². The highest BCUT2D eigenvalue weighted by molar-refractivity contribution is 5.94. The minimum absolute atomic E-state index is 0.0300. The highest BCUT2D eigenvalue weighted by atomic mass is 19.1. The lowest BCUT2D eigenvalue weighted by atomic mass is 10.0. The summed E-state index contributed by atoms with van der Waals surface area (Å²) in [6.45, 7) is 1.70. The molecule has 0 saturated carbocycles. The van der Waals surface area contributed by atoms with Gasteiger partial charge in [0.05, 0.1) is 5.69 Å². The lowest BCUT2D eigenvalue weighted by Crippen LogP contribution is -2.42. The third-order valence-corrected chi connectivity index (χ3v) is 5.19. The average Bonchev–Trinajstić information content (AvgIpc) is 2.79. The van der Waals surface area contributed by atoms with Crippen molar-refractivity contribution in [2.45, 2.75) is 25.5 Å². The first-order valence-electron chi connectivity index (χ1n) is 10.1. The first kappa shape index (κ1) is 19.9. The predicted molar refractivity (Wildman–Crippen MR) is 114 cm³/mol. The van der Waals surface area contributed by atoms with Crippen molar-refractivity contribution in [3.05, 3.63) is 90.0 Å². The Morgan fingerprint density at radius 2 is 1.93 bits per heavy atom. The number of pyridine rings is 1. The smallest absolute Gasteiger partial charge is 0.253 e. The molecule has 0 radical (unpaired) electrons. The third kappa shape index (κ3) is 5.14. The monoisotopic (exact) mass is 405 g/mol. The topological polar surface area (TPSA) is 54.5 Å². The number of piperidine rings is 1. The highest BCUT2D eigenvalue weighted by Gasteiger charge is 2.23. The zero-order chi connectivity index (χ0) is 20.8. The summed E-state index contributed by atoms with van der Waals surface area (Å²) in [7, 11) is 0. The van der Waals surface area contributed by atoms with Gasteiger partial charge in [-0.3, -0.25) is 9.78 Å². The van der Waals surface area contributed by atoms with Gasteiger partial charge in [-0.1, -0.05) is 18.2 Å². The SMILES string of the molecule is O=C(c1cccc(COc2cccc(F)c2)c1)N1CCC(Nc2cccnc2)CC1. The predicted octanol–water partition coefficient (Wildman–Crippen LogP) is 4.52. The molecule has 1 fully saturated rings. The first-order chi connectivity index (χ1) is 14.7. The molecule has 0 unspecified atom stereocenters. The van der Waals surface area contributed by atoms with Gasteiger partial charge in [0.15, 0.2) is 0 Å². The maximum atomic E-state index is 13.3. The fraction of sp³-hybridized carbons (Fsp3) is 0.250. The van der Waals surface area contributed by atoms with Crippen LogP contribution in [0.4, 0.5) is 10.1 Å². The molecule has 1 aliphatic heterocycles. The van der Waals surface area contributed by atoms with Crippen molar-refractivity contribution in [3.8, 4) is 5.75 Å². The molecule has 2 aromatic carbocycles. The molecule has 1 saturated heterocycles. The number of amides is 1. The number of carbonyl (C=O) groups excluding carboxylic acids is 1. The summed E-state index contributed by atoms with van der Waals surface area (Å²) in [5, 5.41) is 3.48. The number of aromatic nitrogens is 1.